The second-order valence-electron chi connectivity index (χ2n) is 13.4. The maximum atomic E-state index is 13.7. The Morgan fingerprint density at radius 1 is 0.574 bits per heavy atom. The number of ketones is 2. The fourth-order valence-electron chi connectivity index (χ4n) is 6.44. The van der Waals surface area contributed by atoms with E-state index in [1.165, 1.54) is 4.68 Å². The number of thiazole rings is 2. The smallest absolute Gasteiger partial charge is 0.383 e. The summed E-state index contributed by atoms with van der Waals surface area (Å²) in [6.07, 6.45) is -4.65. The quantitative estimate of drug-likeness (QED) is 0.0961. The van der Waals surface area contributed by atoms with Crippen molar-refractivity contribution in [3.05, 3.63) is 154 Å². The first-order valence-corrected chi connectivity index (χ1v) is 19.6. The van der Waals surface area contributed by atoms with Crippen LogP contribution in [0.1, 0.15) is 63.9 Å². The van der Waals surface area contributed by atoms with Gasteiger partial charge in [0.05, 0.1) is 26.7 Å². The van der Waals surface area contributed by atoms with Gasteiger partial charge >= 0.3 is 6.18 Å². The fraction of sp³-hybridized carbons (Fsp3) is 0.0476. The number of primary amides is 2. The Labute approximate surface area is 350 Å². The average Bonchev–Trinajstić information content (AvgIpc) is 4.04. The molecular formula is C42H29F3N10O4S2. The van der Waals surface area contributed by atoms with Crippen LogP contribution < -0.4 is 22.9 Å². The van der Waals surface area contributed by atoms with E-state index in [4.69, 9.17) is 32.9 Å². The van der Waals surface area contributed by atoms with Crippen molar-refractivity contribution in [3.8, 4) is 42.5 Å². The number of nitrogens with two attached hydrogens (primary N) is 4. The monoisotopic (exact) mass is 858 g/mol. The molecule has 0 aliphatic rings. The molecule has 8 aromatic rings. The molecule has 0 unspecified atom stereocenters. The van der Waals surface area contributed by atoms with Crippen molar-refractivity contribution in [1.82, 2.24) is 29.5 Å². The minimum absolute atomic E-state index is 0.0786. The number of hydrogen-bond donors (Lipinski definition) is 4. The summed E-state index contributed by atoms with van der Waals surface area (Å²) in [6, 6.07) is 28.2. The lowest BCUT2D eigenvalue weighted by atomic mass is 10.0. The zero-order valence-corrected chi connectivity index (χ0v) is 33.1. The van der Waals surface area contributed by atoms with Gasteiger partial charge in [-0.1, -0.05) is 125 Å². The van der Waals surface area contributed by atoms with Crippen LogP contribution in [0.5, 0.6) is 0 Å². The van der Waals surface area contributed by atoms with Crippen molar-refractivity contribution in [1.29, 1.82) is 0 Å². The van der Waals surface area contributed by atoms with Crippen molar-refractivity contribution >= 4 is 57.7 Å². The number of aryl methyl sites for hydroxylation is 1. The Kier molecular flexibility index (Phi) is 10.1. The first kappa shape index (κ1) is 40.0. The number of amides is 2. The SMILES string of the molecule is Cc1ccc(C(=O)c2nn(-c3nc(-c4ccccc4)c(-c4sc(-n5nc(C(=O)c6ccc(C(F)(F)F)cc6)c(C(N)=O)c5N)nc4-c4ccccc4)s3)c(N)c2C(N)=O)cc1. The summed E-state index contributed by atoms with van der Waals surface area (Å²) in [5.74, 6) is -4.12. The molecule has 61 heavy (non-hydrogen) atoms. The third-order valence-electron chi connectivity index (χ3n) is 9.45. The summed E-state index contributed by atoms with van der Waals surface area (Å²) < 4.78 is 42.1. The largest absolute Gasteiger partial charge is 0.416 e. The lowest BCUT2D eigenvalue weighted by molar-refractivity contribution is -0.137. The zero-order chi connectivity index (χ0) is 43.3. The van der Waals surface area contributed by atoms with Crippen LogP contribution in [0, 0.1) is 6.92 Å². The van der Waals surface area contributed by atoms with Crippen LogP contribution in [0.2, 0.25) is 0 Å². The van der Waals surface area contributed by atoms with Crippen LogP contribution in [0.4, 0.5) is 24.8 Å². The molecule has 8 rings (SSSR count). The van der Waals surface area contributed by atoms with Gasteiger partial charge < -0.3 is 22.9 Å². The predicted octanol–water partition coefficient (Wildman–Crippen LogP) is 7.12. The molecular weight excluding hydrogens is 830 g/mol. The maximum absolute atomic E-state index is 13.7. The molecule has 4 heterocycles. The van der Waals surface area contributed by atoms with Crippen molar-refractivity contribution < 1.29 is 32.3 Å². The number of alkyl halides is 3. The number of benzene rings is 4. The van der Waals surface area contributed by atoms with E-state index >= 15 is 0 Å². The van der Waals surface area contributed by atoms with E-state index in [0.717, 1.165) is 57.2 Å². The number of anilines is 2. The maximum Gasteiger partial charge on any atom is 0.416 e. The Bertz CT molecular complexity index is 3030. The number of aromatic nitrogens is 6. The summed E-state index contributed by atoms with van der Waals surface area (Å²) in [4.78, 5) is 63.9. The lowest BCUT2D eigenvalue weighted by Gasteiger charge is -2.06. The van der Waals surface area contributed by atoms with Gasteiger partial charge in [0.2, 0.25) is 21.8 Å². The molecule has 4 aromatic carbocycles. The summed E-state index contributed by atoms with van der Waals surface area (Å²) in [6.45, 7) is 1.86. The van der Waals surface area contributed by atoms with Crippen molar-refractivity contribution in [3.63, 3.8) is 0 Å². The van der Waals surface area contributed by atoms with E-state index < -0.39 is 46.4 Å². The summed E-state index contributed by atoms with van der Waals surface area (Å²) in [5.41, 5.74) is 25.1. The highest BCUT2D eigenvalue weighted by Gasteiger charge is 2.34. The van der Waals surface area contributed by atoms with E-state index in [2.05, 4.69) is 10.2 Å². The number of nitrogens with zero attached hydrogens (tertiary/aromatic N) is 6. The topological polar surface area (TPSA) is 234 Å². The van der Waals surface area contributed by atoms with Crippen LogP contribution in [0.15, 0.2) is 109 Å². The highest BCUT2D eigenvalue weighted by Crippen LogP contribution is 2.47. The van der Waals surface area contributed by atoms with Crippen molar-refractivity contribution in [2.45, 2.75) is 13.1 Å². The average molecular weight is 859 g/mol. The third kappa shape index (κ3) is 7.31. The molecule has 2 amide bonds. The minimum Gasteiger partial charge on any atom is -0.383 e. The molecule has 4 aromatic heterocycles. The van der Waals surface area contributed by atoms with Crippen molar-refractivity contribution in [2.24, 2.45) is 11.5 Å². The number of halogens is 3. The molecule has 0 atom stereocenters. The first-order valence-electron chi connectivity index (χ1n) is 18.0. The minimum atomic E-state index is -4.65. The van der Waals surface area contributed by atoms with Gasteiger partial charge in [-0.2, -0.15) is 32.7 Å². The van der Waals surface area contributed by atoms with E-state index in [-0.39, 0.29) is 44.3 Å². The van der Waals surface area contributed by atoms with E-state index in [1.807, 2.05) is 43.3 Å². The molecule has 19 heteroatoms. The summed E-state index contributed by atoms with van der Waals surface area (Å²) in [7, 11) is 0. The standard InChI is InChI=1S/C42H29F3N10O4S2/c1-20-12-14-23(15-13-20)32(56)30-26(38(48)58)36(46)54(52-30)40-50-28(21-8-4-2-5-9-21)34(60-40)35-29(22-10-6-3-7-11-22)51-41(61-35)55-37(47)27(39(49)59)31(53-55)33(57)24-16-18-25(19-17-24)42(43,44)45/h2-19H,46-47H2,1H3,(H2,48,58)(H2,49,59). The molecule has 14 nitrogen and oxygen atoms in total. The van der Waals surface area contributed by atoms with Gasteiger partial charge in [-0.05, 0) is 19.1 Å². The Balaban J connectivity index is 1.31. The molecule has 0 aliphatic carbocycles. The van der Waals surface area contributed by atoms with Gasteiger partial charge in [0, 0.05) is 22.3 Å². The Hall–Kier alpha value is -7.77. The van der Waals surface area contributed by atoms with E-state index in [9.17, 15) is 32.3 Å². The molecule has 0 bridgehead atoms. The van der Waals surface area contributed by atoms with Gasteiger partial charge in [0.25, 0.3) is 11.8 Å². The number of carbonyl (C=O) groups is 4. The van der Waals surface area contributed by atoms with Gasteiger partial charge in [-0.15, -0.1) is 0 Å². The second-order valence-corrected chi connectivity index (χ2v) is 15.4. The third-order valence-corrected chi connectivity index (χ3v) is 11.7. The number of rotatable bonds is 11. The molecule has 0 radical (unpaired) electrons. The Morgan fingerprint density at radius 2 is 0.951 bits per heavy atom. The number of nitrogen functional groups attached to an aromatic ring is 2. The highest BCUT2D eigenvalue weighted by molar-refractivity contribution is 7.24. The first-order chi connectivity index (χ1) is 29.1. The lowest BCUT2D eigenvalue weighted by Crippen LogP contribution is -2.17. The van der Waals surface area contributed by atoms with Gasteiger partial charge in [0.1, 0.15) is 34.2 Å². The molecule has 304 valence electrons. The fourth-order valence-corrected chi connectivity index (χ4v) is 8.68. The summed E-state index contributed by atoms with van der Waals surface area (Å²) in [5, 5.41) is 9.08. The Morgan fingerprint density at radius 3 is 1.31 bits per heavy atom. The molecule has 8 N–H and O–H groups in total. The zero-order valence-electron chi connectivity index (χ0n) is 31.5. The van der Waals surface area contributed by atoms with E-state index in [1.54, 1.807) is 48.5 Å². The molecule has 0 aliphatic heterocycles. The van der Waals surface area contributed by atoms with Crippen molar-refractivity contribution in [2.75, 3.05) is 11.5 Å². The van der Waals surface area contributed by atoms with Gasteiger partial charge in [0.15, 0.2) is 0 Å². The van der Waals surface area contributed by atoms with E-state index in [0.29, 0.717) is 32.3 Å². The van der Waals surface area contributed by atoms with Gasteiger partial charge in [-0.25, -0.2) is 9.97 Å². The molecule has 0 saturated carbocycles. The molecule has 0 fully saturated rings. The van der Waals surface area contributed by atoms with Crippen LogP contribution in [0.3, 0.4) is 0 Å². The highest BCUT2D eigenvalue weighted by atomic mass is 32.1. The number of hydrogen-bond acceptors (Lipinski definition) is 12. The summed E-state index contributed by atoms with van der Waals surface area (Å²) >= 11 is 2.17. The predicted molar refractivity (Wildman–Crippen MR) is 224 cm³/mol. The van der Waals surface area contributed by atoms with Crippen LogP contribution in [-0.2, 0) is 6.18 Å². The van der Waals surface area contributed by atoms with Gasteiger partial charge in [-0.3, -0.25) is 19.2 Å². The second kappa shape index (κ2) is 15.4. The van der Waals surface area contributed by atoms with Crippen LogP contribution in [-0.4, -0.2) is 52.9 Å². The van der Waals surface area contributed by atoms with Crippen LogP contribution in [0.25, 0.3) is 42.5 Å². The number of carbonyl (C=O) groups excluding carboxylic acids is 4. The van der Waals surface area contributed by atoms with Crippen LogP contribution >= 0.6 is 22.7 Å². The molecule has 0 spiro atoms. The normalized spacial score (nSPS) is 11.5. The molecule has 0 saturated heterocycles.